The Kier molecular flexibility index (Phi) is 3.85. The fraction of sp³-hybridized carbons (Fsp3) is 0.286. The number of nitrogens with two attached hydrogens (primary N) is 1. The number of hydrogen-bond acceptors (Lipinski definition) is 3. The molecule has 3 nitrogen and oxygen atoms in total. The molecule has 2 aromatic rings. The molecule has 1 aromatic carbocycles. The van der Waals surface area contributed by atoms with Crippen LogP contribution in [0.5, 0.6) is 0 Å². The number of benzene rings is 1. The SMILES string of the molecule is CCc1nnc(C)cc1C(N)c1ccc(F)cc1F. The maximum absolute atomic E-state index is 13.8. The van der Waals surface area contributed by atoms with E-state index in [1.54, 1.807) is 13.0 Å². The van der Waals surface area contributed by atoms with E-state index in [9.17, 15) is 8.78 Å². The Morgan fingerprint density at radius 1 is 1.16 bits per heavy atom. The van der Waals surface area contributed by atoms with Crippen LogP contribution in [-0.4, -0.2) is 10.2 Å². The molecule has 0 spiro atoms. The van der Waals surface area contributed by atoms with E-state index in [4.69, 9.17) is 5.73 Å². The molecule has 5 heteroatoms. The van der Waals surface area contributed by atoms with Crippen LogP contribution >= 0.6 is 0 Å². The molecule has 0 aliphatic heterocycles. The van der Waals surface area contributed by atoms with Gasteiger partial charge in [-0.15, -0.1) is 0 Å². The van der Waals surface area contributed by atoms with Crippen molar-refractivity contribution in [3.05, 3.63) is 58.4 Å². The van der Waals surface area contributed by atoms with Crippen molar-refractivity contribution in [1.29, 1.82) is 0 Å². The zero-order valence-corrected chi connectivity index (χ0v) is 10.8. The van der Waals surface area contributed by atoms with Crippen molar-refractivity contribution in [1.82, 2.24) is 10.2 Å². The summed E-state index contributed by atoms with van der Waals surface area (Å²) in [4.78, 5) is 0. The van der Waals surface area contributed by atoms with Gasteiger partial charge in [0.05, 0.1) is 17.4 Å². The molecule has 19 heavy (non-hydrogen) atoms. The predicted molar refractivity (Wildman–Crippen MR) is 68.5 cm³/mol. The molecule has 0 radical (unpaired) electrons. The molecule has 0 amide bonds. The van der Waals surface area contributed by atoms with E-state index in [1.165, 1.54) is 12.1 Å². The van der Waals surface area contributed by atoms with Crippen LogP contribution in [0.1, 0.15) is 35.5 Å². The summed E-state index contributed by atoms with van der Waals surface area (Å²) < 4.78 is 26.7. The molecule has 0 aliphatic carbocycles. The van der Waals surface area contributed by atoms with Crippen LogP contribution in [0.3, 0.4) is 0 Å². The number of halogens is 2. The summed E-state index contributed by atoms with van der Waals surface area (Å²) >= 11 is 0. The summed E-state index contributed by atoms with van der Waals surface area (Å²) in [6, 6.07) is 4.52. The van der Waals surface area contributed by atoms with Crippen LogP contribution in [0.4, 0.5) is 8.78 Å². The highest BCUT2D eigenvalue weighted by atomic mass is 19.1. The summed E-state index contributed by atoms with van der Waals surface area (Å²) in [6.07, 6.45) is 0.652. The van der Waals surface area contributed by atoms with Gasteiger partial charge in [-0.1, -0.05) is 13.0 Å². The lowest BCUT2D eigenvalue weighted by Crippen LogP contribution is -2.17. The lowest BCUT2D eigenvalue weighted by atomic mass is 9.96. The number of aromatic nitrogens is 2. The maximum atomic E-state index is 13.8. The van der Waals surface area contributed by atoms with E-state index in [0.29, 0.717) is 12.1 Å². The summed E-state index contributed by atoms with van der Waals surface area (Å²) in [5.74, 6) is -1.27. The van der Waals surface area contributed by atoms with Crippen LogP contribution in [0.2, 0.25) is 0 Å². The number of hydrogen-bond donors (Lipinski definition) is 1. The first-order valence-corrected chi connectivity index (χ1v) is 6.06. The number of nitrogens with zero attached hydrogens (tertiary/aromatic N) is 2. The molecular formula is C14H15F2N3. The Balaban J connectivity index is 2.49. The van der Waals surface area contributed by atoms with Gasteiger partial charge in [0.1, 0.15) is 11.6 Å². The first kappa shape index (κ1) is 13.5. The lowest BCUT2D eigenvalue weighted by Gasteiger charge is -2.16. The third kappa shape index (κ3) is 2.76. The van der Waals surface area contributed by atoms with Crippen LogP contribution < -0.4 is 5.73 Å². The minimum Gasteiger partial charge on any atom is -0.320 e. The molecule has 0 saturated heterocycles. The molecule has 1 aromatic heterocycles. The van der Waals surface area contributed by atoms with Crippen molar-refractivity contribution >= 4 is 0 Å². The van der Waals surface area contributed by atoms with Crippen molar-refractivity contribution < 1.29 is 8.78 Å². The van der Waals surface area contributed by atoms with E-state index in [0.717, 1.165) is 17.3 Å². The largest absolute Gasteiger partial charge is 0.320 e. The summed E-state index contributed by atoms with van der Waals surface area (Å²) in [6.45, 7) is 3.72. The van der Waals surface area contributed by atoms with Gasteiger partial charge < -0.3 is 5.73 Å². The van der Waals surface area contributed by atoms with E-state index in [1.807, 2.05) is 6.92 Å². The minimum atomic E-state index is -0.676. The van der Waals surface area contributed by atoms with Crippen LogP contribution in [-0.2, 0) is 6.42 Å². The standard InChI is InChI=1S/C14H15F2N3/c1-3-13-11(6-8(2)18-19-13)14(17)10-5-4-9(15)7-12(10)16/h4-7,14H,3,17H2,1-2H3. The van der Waals surface area contributed by atoms with Crippen molar-refractivity contribution in [2.75, 3.05) is 0 Å². The molecule has 1 unspecified atom stereocenters. The Morgan fingerprint density at radius 3 is 2.53 bits per heavy atom. The van der Waals surface area contributed by atoms with Gasteiger partial charge in [0.15, 0.2) is 0 Å². The topological polar surface area (TPSA) is 51.8 Å². The highest BCUT2D eigenvalue weighted by Gasteiger charge is 2.18. The van der Waals surface area contributed by atoms with Gasteiger partial charge >= 0.3 is 0 Å². The summed E-state index contributed by atoms with van der Waals surface area (Å²) in [7, 11) is 0. The van der Waals surface area contributed by atoms with Gasteiger partial charge in [-0.25, -0.2) is 8.78 Å². The van der Waals surface area contributed by atoms with Gasteiger partial charge in [0.25, 0.3) is 0 Å². The zero-order chi connectivity index (χ0) is 14.0. The number of rotatable bonds is 3. The van der Waals surface area contributed by atoms with E-state index < -0.39 is 17.7 Å². The van der Waals surface area contributed by atoms with E-state index >= 15 is 0 Å². The predicted octanol–water partition coefficient (Wildman–Crippen LogP) is 2.67. The van der Waals surface area contributed by atoms with Gasteiger partial charge in [0, 0.05) is 11.6 Å². The van der Waals surface area contributed by atoms with Gasteiger partial charge in [-0.3, -0.25) is 0 Å². The molecule has 0 aliphatic rings. The fourth-order valence-electron chi connectivity index (χ4n) is 2.00. The second kappa shape index (κ2) is 5.40. The van der Waals surface area contributed by atoms with Crippen molar-refractivity contribution in [2.24, 2.45) is 5.73 Å². The third-order valence-electron chi connectivity index (χ3n) is 2.99. The number of aryl methyl sites for hydroxylation is 2. The van der Waals surface area contributed by atoms with E-state index in [-0.39, 0.29) is 5.56 Å². The molecule has 0 saturated carbocycles. The highest BCUT2D eigenvalue weighted by molar-refractivity contribution is 5.35. The molecule has 2 rings (SSSR count). The van der Waals surface area contributed by atoms with Gasteiger partial charge in [-0.05, 0) is 31.0 Å². The molecule has 0 fully saturated rings. The van der Waals surface area contributed by atoms with Crippen LogP contribution in [0, 0.1) is 18.6 Å². The first-order chi connectivity index (χ1) is 9.02. The average molecular weight is 263 g/mol. The Hall–Kier alpha value is -1.88. The molecule has 1 atom stereocenters. The Labute approximate surface area is 110 Å². The first-order valence-electron chi connectivity index (χ1n) is 6.06. The van der Waals surface area contributed by atoms with Gasteiger partial charge in [-0.2, -0.15) is 10.2 Å². The quantitative estimate of drug-likeness (QED) is 0.926. The van der Waals surface area contributed by atoms with Crippen molar-refractivity contribution in [3.8, 4) is 0 Å². The Morgan fingerprint density at radius 2 is 1.89 bits per heavy atom. The van der Waals surface area contributed by atoms with Crippen molar-refractivity contribution in [2.45, 2.75) is 26.3 Å². The van der Waals surface area contributed by atoms with Crippen LogP contribution in [0.15, 0.2) is 24.3 Å². The average Bonchev–Trinajstić information content (AvgIpc) is 2.38. The smallest absolute Gasteiger partial charge is 0.131 e. The maximum Gasteiger partial charge on any atom is 0.131 e. The molecular weight excluding hydrogens is 248 g/mol. The highest BCUT2D eigenvalue weighted by Crippen LogP contribution is 2.25. The second-order valence-electron chi connectivity index (χ2n) is 4.38. The van der Waals surface area contributed by atoms with E-state index in [2.05, 4.69) is 10.2 Å². The fourth-order valence-corrected chi connectivity index (χ4v) is 2.00. The monoisotopic (exact) mass is 263 g/mol. The van der Waals surface area contributed by atoms with Crippen molar-refractivity contribution in [3.63, 3.8) is 0 Å². The minimum absolute atomic E-state index is 0.253. The summed E-state index contributed by atoms with van der Waals surface area (Å²) in [5.41, 5.74) is 8.50. The zero-order valence-electron chi connectivity index (χ0n) is 10.8. The van der Waals surface area contributed by atoms with Gasteiger partial charge in [0.2, 0.25) is 0 Å². The molecule has 0 bridgehead atoms. The second-order valence-corrected chi connectivity index (χ2v) is 4.38. The third-order valence-corrected chi connectivity index (χ3v) is 2.99. The Bertz CT molecular complexity index is 599. The summed E-state index contributed by atoms with van der Waals surface area (Å²) in [5, 5.41) is 8.03. The normalized spacial score (nSPS) is 12.5. The lowest BCUT2D eigenvalue weighted by molar-refractivity contribution is 0.565. The molecule has 1 heterocycles. The van der Waals surface area contributed by atoms with Crippen LogP contribution in [0.25, 0.3) is 0 Å². The molecule has 2 N–H and O–H groups in total. The molecule has 100 valence electrons.